The molecule has 0 unspecified atom stereocenters. The summed E-state index contributed by atoms with van der Waals surface area (Å²) >= 11 is 3.22. The molecule has 2 amide bonds. The Hall–Kier alpha value is -0.590. The van der Waals surface area contributed by atoms with Gasteiger partial charge in [-0.1, -0.05) is 22.5 Å². The van der Waals surface area contributed by atoms with Crippen LogP contribution in [0.4, 0.5) is 4.79 Å². The number of nitrogens with zero attached hydrogens (tertiary/aromatic N) is 1. The minimum absolute atomic E-state index is 0.0674. The van der Waals surface area contributed by atoms with Crippen molar-refractivity contribution in [1.82, 2.24) is 10.2 Å². The zero-order chi connectivity index (χ0) is 14.8. The Morgan fingerprint density at radius 1 is 1.55 bits per heavy atom. The molecular weight excluding hydrogens is 324 g/mol. The quantitative estimate of drug-likeness (QED) is 0.816. The van der Waals surface area contributed by atoms with Crippen LogP contribution in [0.1, 0.15) is 26.2 Å². The Morgan fingerprint density at radius 3 is 2.70 bits per heavy atom. The van der Waals surface area contributed by atoms with Gasteiger partial charge in [0.15, 0.2) is 0 Å². The number of aliphatic hydroxyl groups is 1. The third kappa shape index (κ3) is 3.02. The second kappa shape index (κ2) is 6.45. The molecule has 5 nitrogen and oxygen atoms in total. The van der Waals surface area contributed by atoms with Crippen LogP contribution in [0.3, 0.4) is 0 Å². The van der Waals surface area contributed by atoms with Gasteiger partial charge in [0.25, 0.3) is 0 Å². The first-order valence-electron chi connectivity index (χ1n) is 7.15. The van der Waals surface area contributed by atoms with E-state index in [1.165, 1.54) is 0 Å². The summed E-state index contributed by atoms with van der Waals surface area (Å²) in [4.78, 5) is 13.8. The van der Waals surface area contributed by atoms with E-state index in [2.05, 4.69) is 27.8 Å². The first-order valence-corrected chi connectivity index (χ1v) is 7.94. The molecule has 1 saturated carbocycles. The van der Waals surface area contributed by atoms with E-state index in [0.717, 1.165) is 23.7 Å². The van der Waals surface area contributed by atoms with Gasteiger partial charge in [-0.3, -0.25) is 0 Å². The van der Waals surface area contributed by atoms with Gasteiger partial charge in [0, 0.05) is 36.0 Å². The first-order chi connectivity index (χ1) is 9.49. The van der Waals surface area contributed by atoms with Crippen molar-refractivity contribution in [2.24, 2.45) is 5.41 Å². The summed E-state index contributed by atoms with van der Waals surface area (Å²) in [5.41, 5.74) is -0.133. The maximum Gasteiger partial charge on any atom is 0.317 e. The molecule has 2 fully saturated rings. The Bertz CT molecular complexity index is 379. The van der Waals surface area contributed by atoms with Crippen molar-refractivity contribution in [3.8, 4) is 0 Å². The minimum Gasteiger partial charge on any atom is -0.392 e. The van der Waals surface area contributed by atoms with Crippen LogP contribution in [0.2, 0.25) is 0 Å². The van der Waals surface area contributed by atoms with Gasteiger partial charge >= 0.3 is 6.03 Å². The molecule has 2 N–H and O–H groups in total. The average molecular weight is 347 g/mol. The van der Waals surface area contributed by atoms with Crippen LogP contribution in [0.15, 0.2) is 11.1 Å². The fraction of sp³-hybridized carbons (Fsp3) is 0.786. The van der Waals surface area contributed by atoms with Gasteiger partial charge in [-0.05, 0) is 19.8 Å². The Labute approximate surface area is 128 Å². The molecule has 1 saturated heterocycles. The Balaban J connectivity index is 1.85. The number of aliphatic hydroxyl groups excluding tert-OH is 1. The third-order valence-electron chi connectivity index (χ3n) is 4.52. The molecule has 114 valence electrons. The lowest BCUT2D eigenvalue weighted by atomic mass is 9.58. The molecule has 0 aromatic carbocycles. The van der Waals surface area contributed by atoms with E-state index in [0.29, 0.717) is 26.2 Å². The first kappa shape index (κ1) is 15.8. The molecule has 2 atom stereocenters. The van der Waals surface area contributed by atoms with E-state index < -0.39 is 0 Å². The van der Waals surface area contributed by atoms with E-state index in [-0.39, 0.29) is 23.7 Å². The van der Waals surface area contributed by atoms with Gasteiger partial charge in [0.05, 0.1) is 18.8 Å². The molecule has 6 heteroatoms. The average Bonchev–Trinajstić information content (AvgIpc) is 2.44. The SMILES string of the molecule is C=C(Br)CNC(=O)N1CCC2(CC1)[C@@H](O)C[C@H]2OCC. The maximum absolute atomic E-state index is 12.0. The van der Waals surface area contributed by atoms with Crippen molar-refractivity contribution in [2.45, 2.75) is 38.4 Å². The number of carbonyl (C=O) groups is 1. The number of carbonyl (C=O) groups excluding carboxylic acids is 1. The third-order valence-corrected chi connectivity index (χ3v) is 4.80. The highest BCUT2D eigenvalue weighted by molar-refractivity contribution is 9.11. The normalized spacial score (nSPS) is 28.1. The Kier molecular flexibility index (Phi) is 5.09. The van der Waals surface area contributed by atoms with Gasteiger partial charge in [0.2, 0.25) is 0 Å². The molecule has 1 heterocycles. The number of rotatable bonds is 4. The van der Waals surface area contributed by atoms with Crippen molar-refractivity contribution < 1.29 is 14.6 Å². The monoisotopic (exact) mass is 346 g/mol. The molecule has 1 aliphatic heterocycles. The van der Waals surface area contributed by atoms with Gasteiger partial charge in [0.1, 0.15) is 0 Å². The molecule has 20 heavy (non-hydrogen) atoms. The van der Waals surface area contributed by atoms with Crippen molar-refractivity contribution in [2.75, 3.05) is 26.2 Å². The van der Waals surface area contributed by atoms with Crippen molar-refractivity contribution in [1.29, 1.82) is 0 Å². The van der Waals surface area contributed by atoms with Crippen LogP contribution in [0.5, 0.6) is 0 Å². The molecular formula is C14H23BrN2O3. The van der Waals surface area contributed by atoms with Gasteiger partial charge in [-0.25, -0.2) is 4.79 Å². The van der Waals surface area contributed by atoms with E-state index >= 15 is 0 Å². The van der Waals surface area contributed by atoms with E-state index in [1.54, 1.807) is 4.90 Å². The van der Waals surface area contributed by atoms with Gasteiger partial charge in [-0.2, -0.15) is 0 Å². The lowest BCUT2D eigenvalue weighted by Crippen LogP contribution is -2.63. The number of nitrogens with one attached hydrogen (secondary N) is 1. The van der Waals surface area contributed by atoms with E-state index in [1.807, 2.05) is 6.92 Å². The lowest BCUT2D eigenvalue weighted by molar-refractivity contribution is -0.207. The van der Waals surface area contributed by atoms with Crippen LogP contribution < -0.4 is 5.32 Å². The summed E-state index contributed by atoms with van der Waals surface area (Å²) < 4.78 is 6.47. The predicted octanol–water partition coefficient (Wildman–Crippen LogP) is 1.86. The Morgan fingerprint density at radius 2 is 2.20 bits per heavy atom. The number of hydrogen-bond donors (Lipinski definition) is 2. The topological polar surface area (TPSA) is 61.8 Å². The number of halogens is 1. The smallest absolute Gasteiger partial charge is 0.317 e. The van der Waals surface area contributed by atoms with Crippen LogP contribution in [0.25, 0.3) is 0 Å². The van der Waals surface area contributed by atoms with Crippen molar-refractivity contribution in [3.05, 3.63) is 11.1 Å². The summed E-state index contributed by atoms with van der Waals surface area (Å²) in [6.07, 6.45) is 2.20. The highest BCUT2D eigenvalue weighted by Gasteiger charge is 2.56. The van der Waals surface area contributed by atoms with E-state index in [9.17, 15) is 9.90 Å². The molecule has 0 bridgehead atoms. The largest absolute Gasteiger partial charge is 0.392 e. The van der Waals surface area contributed by atoms with Crippen molar-refractivity contribution in [3.63, 3.8) is 0 Å². The summed E-state index contributed by atoms with van der Waals surface area (Å²) in [6, 6.07) is -0.0674. The summed E-state index contributed by atoms with van der Waals surface area (Å²) in [7, 11) is 0. The molecule has 2 aliphatic rings. The van der Waals surface area contributed by atoms with Crippen LogP contribution in [0, 0.1) is 5.41 Å². The number of piperidine rings is 1. The van der Waals surface area contributed by atoms with Gasteiger partial charge < -0.3 is 20.1 Å². The number of urea groups is 1. The molecule has 0 aromatic rings. The van der Waals surface area contributed by atoms with Crippen LogP contribution in [-0.4, -0.2) is 54.5 Å². The second-order valence-corrected chi connectivity index (χ2v) is 6.71. The minimum atomic E-state index is -0.286. The van der Waals surface area contributed by atoms with Crippen LogP contribution in [-0.2, 0) is 4.74 Å². The number of ether oxygens (including phenoxy) is 1. The number of hydrogen-bond acceptors (Lipinski definition) is 3. The highest BCUT2D eigenvalue weighted by Crippen LogP contribution is 2.50. The zero-order valence-corrected chi connectivity index (χ0v) is 13.5. The fourth-order valence-corrected chi connectivity index (χ4v) is 3.37. The molecule has 1 spiro atoms. The maximum atomic E-state index is 12.0. The summed E-state index contributed by atoms with van der Waals surface area (Å²) in [5, 5.41) is 12.9. The zero-order valence-electron chi connectivity index (χ0n) is 11.9. The number of likely N-dealkylation sites (tertiary alicyclic amines) is 1. The van der Waals surface area contributed by atoms with E-state index in [4.69, 9.17) is 4.74 Å². The predicted molar refractivity (Wildman–Crippen MR) is 80.7 cm³/mol. The second-order valence-electron chi connectivity index (χ2n) is 5.59. The van der Waals surface area contributed by atoms with Gasteiger partial charge in [-0.15, -0.1) is 0 Å². The number of amides is 2. The molecule has 0 radical (unpaired) electrons. The summed E-state index contributed by atoms with van der Waals surface area (Å²) in [6.45, 7) is 8.12. The molecule has 0 aromatic heterocycles. The standard InChI is InChI=1S/C14H23BrN2O3/c1-3-20-12-8-11(18)14(12)4-6-17(7-5-14)13(19)16-9-10(2)15/h11-12,18H,2-9H2,1H3,(H,16,19)/t11-,12+/m0/s1. The highest BCUT2D eigenvalue weighted by atomic mass is 79.9. The van der Waals surface area contributed by atoms with Crippen LogP contribution >= 0.6 is 15.9 Å². The fourth-order valence-electron chi connectivity index (χ4n) is 3.23. The summed E-state index contributed by atoms with van der Waals surface area (Å²) in [5.74, 6) is 0. The van der Waals surface area contributed by atoms with Crippen molar-refractivity contribution >= 4 is 22.0 Å². The molecule has 2 rings (SSSR count). The molecule has 1 aliphatic carbocycles. The lowest BCUT2D eigenvalue weighted by Gasteiger charge is -2.56.